The fourth-order valence-electron chi connectivity index (χ4n) is 2.97. The first-order valence-electron chi connectivity index (χ1n) is 9.72. The lowest BCUT2D eigenvalue weighted by Gasteiger charge is -2.08. The minimum absolute atomic E-state index is 0.183. The largest absolute Gasteiger partial charge is 0.497 e. The van der Waals surface area contributed by atoms with Gasteiger partial charge in [-0.15, -0.1) is 11.3 Å². The number of anilines is 1. The highest BCUT2D eigenvalue weighted by Gasteiger charge is 2.22. The number of halogens is 1. The second-order valence-electron chi connectivity index (χ2n) is 6.51. The Morgan fingerprint density at radius 2 is 1.84 bits per heavy atom. The molecular formula is C24H22FNO5S. The van der Waals surface area contributed by atoms with E-state index in [-0.39, 0.29) is 18.0 Å². The molecule has 1 heterocycles. The van der Waals surface area contributed by atoms with Gasteiger partial charge in [0.2, 0.25) is 5.91 Å². The van der Waals surface area contributed by atoms with Crippen molar-refractivity contribution in [1.82, 2.24) is 0 Å². The number of methoxy groups -OCH3 is 2. The number of amides is 1. The van der Waals surface area contributed by atoms with Crippen LogP contribution in [-0.2, 0) is 9.53 Å². The van der Waals surface area contributed by atoms with Crippen LogP contribution in [0, 0.1) is 5.82 Å². The molecule has 0 aliphatic rings. The lowest BCUT2D eigenvalue weighted by molar-refractivity contribution is -0.111. The molecular weight excluding hydrogens is 433 g/mol. The number of carbonyl (C=O) groups is 2. The highest BCUT2D eigenvalue weighted by molar-refractivity contribution is 7.15. The smallest absolute Gasteiger partial charge is 0.341 e. The predicted octanol–water partition coefficient (Wildman–Crippen LogP) is 5.40. The summed E-state index contributed by atoms with van der Waals surface area (Å²) in [6, 6.07) is 11.0. The fraction of sp³-hybridized carbons (Fsp3) is 0.167. The topological polar surface area (TPSA) is 73.9 Å². The van der Waals surface area contributed by atoms with Gasteiger partial charge in [0, 0.05) is 28.6 Å². The van der Waals surface area contributed by atoms with E-state index in [2.05, 4.69) is 5.32 Å². The molecule has 1 N–H and O–H groups in total. The van der Waals surface area contributed by atoms with Gasteiger partial charge >= 0.3 is 5.97 Å². The average molecular weight is 456 g/mol. The van der Waals surface area contributed by atoms with Crippen molar-refractivity contribution in [2.75, 3.05) is 26.1 Å². The van der Waals surface area contributed by atoms with Crippen LogP contribution in [0.4, 0.5) is 9.39 Å². The zero-order valence-electron chi connectivity index (χ0n) is 17.8. The van der Waals surface area contributed by atoms with Crippen molar-refractivity contribution in [2.45, 2.75) is 6.92 Å². The van der Waals surface area contributed by atoms with Crippen LogP contribution in [0.2, 0.25) is 0 Å². The van der Waals surface area contributed by atoms with Crippen molar-refractivity contribution in [3.8, 4) is 22.6 Å². The maximum Gasteiger partial charge on any atom is 0.341 e. The van der Waals surface area contributed by atoms with Crippen molar-refractivity contribution < 1.29 is 28.2 Å². The Labute approximate surface area is 189 Å². The summed E-state index contributed by atoms with van der Waals surface area (Å²) in [5.41, 5.74) is 2.12. The number of thiophene rings is 1. The lowest BCUT2D eigenvalue weighted by atomic mass is 10.0. The molecule has 3 aromatic rings. The number of carbonyl (C=O) groups excluding carboxylic acids is 2. The van der Waals surface area contributed by atoms with E-state index in [9.17, 15) is 14.0 Å². The average Bonchev–Trinajstić information content (AvgIpc) is 3.21. The summed E-state index contributed by atoms with van der Waals surface area (Å²) >= 11 is 1.19. The molecule has 0 fully saturated rings. The van der Waals surface area contributed by atoms with Gasteiger partial charge in [-0.05, 0) is 42.8 Å². The highest BCUT2D eigenvalue weighted by atomic mass is 32.1. The van der Waals surface area contributed by atoms with Crippen LogP contribution in [0.5, 0.6) is 11.5 Å². The molecule has 32 heavy (non-hydrogen) atoms. The summed E-state index contributed by atoms with van der Waals surface area (Å²) in [6.07, 6.45) is 2.95. The minimum Gasteiger partial charge on any atom is -0.497 e. The zero-order chi connectivity index (χ0) is 23.1. The molecule has 0 radical (unpaired) electrons. The second-order valence-corrected chi connectivity index (χ2v) is 7.39. The maximum atomic E-state index is 13.3. The third-order valence-electron chi connectivity index (χ3n) is 4.52. The third-order valence-corrected chi connectivity index (χ3v) is 5.41. The molecule has 0 bridgehead atoms. The first kappa shape index (κ1) is 23.0. The number of ether oxygens (including phenoxy) is 3. The Hall–Kier alpha value is -3.65. The molecule has 0 aliphatic carbocycles. The van der Waals surface area contributed by atoms with Crippen LogP contribution in [0.3, 0.4) is 0 Å². The van der Waals surface area contributed by atoms with Crippen molar-refractivity contribution in [3.05, 3.63) is 70.9 Å². The Morgan fingerprint density at radius 1 is 1.09 bits per heavy atom. The minimum atomic E-state index is -0.566. The third kappa shape index (κ3) is 5.33. The highest BCUT2D eigenvalue weighted by Crippen LogP contribution is 2.36. The van der Waals surface area contributed by atoms with Crippen molar-refractivity contribution in [2.24, 2.45) is 0 Å². The Bertz CT molecular complexity index is 1140. The van der Waals surface area contributed by atoms with Gasteiger partial charge in [-0.2, -0.15) is 0 Å². The molecule has 8 heteroatoms. The van der Waals surface area contributed by atoms with Gasteiger partial charge in [0.1, 0.15) is 27.9 Å². The molecule has 0 atom stereocenters. The number of hydrogen-bond donors (Lipinski definition) is 1. The van der Waals surface area contributed by atoms with Crippen LogP contribution in [0.25, 0.3) is 17.2 Å². The summed E-state index contributed by atoms with van der Waals surface area (Å²) in [5.74, 6) is -0.191. The molecule has 0 saturated heterocycles. The first-order valence-corrected chi connectivity index (χ1v) is 10.6. The van der Waals surface area contributed by atoms with Crippen LogP contribution < -0.4 is 14.8 Å². The van der Waals surface area contributed by atoms with Gasteiger partial charge in [0.25, 0.3) is 0 Å². The quantitative estimate of drug-likeness (QED) is 0.364. The number of esters is 1. The number of benzene rings is 2. The molecule has 3 rings (SSSR count). The van der Waals surface area contributed by atoms with E-state index in [1.165, 1.54) is 36.7 Å². The lowest BCUT2D eigenvalue weighted by Crippen LogP contribution is -2.12. The summed E-state index contributed by atoms with van der Waals surface area (Å²) in [5, 5.41) is 4.81. The first-order chi connectivity index (χ1) is 15.5. The number of nitrogens with one attached hydrogen (secondary N) is 1. The summed E-state index contributed by atoms with van der Waals surface area (Å²) < 4.78 is 29.0. The number of hydrogen-bond acceptors (Lipinski definition) is 6. The normalized spacial score (nSPS) is 10.8. The standard InChI is InChI=1S/C24H22FNO5S/c1-4-31-24(28)22-19(15-5-9-17(25)10-6-15)14-32-23(22)26-21(27)12-8-16-7-11-18(29-2)13-20(16)30-3/h5-14H,4H2,1-3H3,(H,26,27)/b12-8+. The summed E-state index contributed by atoms with van der Waals surface area (Å²) in [4.78, 5) is 25.2. The predicted molar refractivity (Wildman–Crippen MR) is 123 cm³/mol. The molecule has 1 aromatic heterocycles. The van der Waals surface area contributed by atoms with Crippen molar-refractivity contribution in [3.63, 3.8) is 0 Å². The monoisotopic (exact) mass is 455 g/mol. The molecule has 0 unspecified atom stereocenters. The van der Waals surface area contributed by atoms with E-state index in [1.54, 1.807) is 55.8 Å². The van der Waals surface area contributed by atoms with Gasteiger partial charge < -0.3 is 19.5 Å². The molecule has 166 valence electrons. The second kappa shape index (κ2) is 10.6. The zero-order valence-corrected chi connectivity index (χ0v) is 18.6. The molecule has 1 amide bonds. The van der Waals surface area contributed by atoms with E-state index in [1.807, 2.05) is 0 Å². The SMILES string of the molecule is CCOC(=O)c1c(-c2ccc(F)cc2)csc1NC(=O)/C=C/c1ccc(OC)cc1OC. The van der Waals surface area contributed by atoms with Gasteiger partial charge in [-0.25, -0.2) is 9.18 Å². The Morgan fingerprint density at radius 3 is 2.50 bits per heavy atom. The summed E-state index contributed by atoms with van der Waals surface area (Å²) in [7, 11) is 3.08. The van der Waals surface area contributed by atoms with Gasteiger partial charge in [0.15, 0.2) is 0 Å². The maximum absolute atomic E-state index is 13.3. The number of rotatable bonds is 8. The van der Waals surface area contributed by atoms with Gasteiger partial charge in [-0.1, -0.05) is 12.1 Å². The van der Waals surface area contributed by atoms with Gasteiger partial charge in [-0.3, -0.25) is 4.79 Å². The molecule has 0 aliphatic heterocycles. The van der Waals surface area contributed by atoms with Gasteiger partial charge in [0.05, 0.1) is 20.8 Å². The van der Waals surface area contributed by atoms with Crippen LogP contribution in [0.1, 0.15) is 22.8 Å². The molecule has 2 aromatic carbocycles. The summed E-state index contributed by atoms with van der Waals surface area (Å²) in [6.45, 7) is 1.88. The Balaban J connectivity index is 1.86. The van der Waals surface area contributed by atoms with Crippen LogP contribution >= 0.6 is 11.3 Å². The molecule has 0 saturated carbocycles. The van der Waals surface area contributed by atoms with Crippen molar-refractivity contribution in [1.29, 1.82) is 0 Å². The molecule has 0 spiro atoms. The Kier molecular flexibility index (Phi) is 7.62. The van der Waals surface area contributed by atoms with E-state index < -0.39 is 11.9 Å². The van der Waals surface area contributed by atoms with Crippen LogP contribution in [0.15, 0.2) is 53.9 Å². The molecule has 6 nitrogen and oxygen atoms in total. The van der Waals surface area contributed by atoms with Crippen LogP contribution in [-0.4, -0.2) is 32.7 Å². The van der Waals surface area contributed by atoms with E-state index in [0.717, 1.165) is 0 Å². The van der Waals surface area contributed by atoms with E-state index >= 15 is 0 Å². The van der Waals surface area contributed by atoms with Crippen molar-refractivity contribution >= 4 is 34.3 Å². The van der Waals surface area contributed by atoms with E-state index in [0.29, 0.717) is 33.2 Å². The fourth-order valence-corrected chi connectivity index (χ4v) is 3.93. The van der Waals surface area contributed by atoms with E-state index in [4.69, 9.17) is 14.2 Å².